The van der Waals surface area contributed by atoms with E-state index in [1.165, 1.54) is 16.6 Å². The zero-order chi connectivity index (χ0) is 20.8. The first-order valence-electron chi connectivity index (χ1n) is 9.68. The smallest absolute Gasteiger partial charge is 0.267 e. The van der Waals surface area contributed by atoms with Crippen LogP contribution in [0.3, 0.4) is 0 Å². The third-order valence-corrected chi connectivity index (χ3v) is 7.46. The summed E-state index contributed by atoms with van der Waals surface area (Å²) in [6.07, 6.45) is 0.839. The molecule has 0 spiro atoms. The lowest BCUT2D eigenvalue weighted by atomic mass is 10.1. The predicted molar refractivity (Wildman–Crippen MR) is 123 cm³/mol. The second kappa shape index (κ2) is 7.54. The van der Waals surface area contributed by atoms with Crippen molar-refractivity contribution in [1.82, 2.24) is 14.5 Å². The molecule has 6 nitrogen and oxygen atoms in total. The fraction of sp³-hybridized carbons (Fsp3) is 0.227. The molecule has 152 valence electrons. The number of amides is 1. The SMILES string of the molecule is CN1CCc2c(sc3nc(SCC(N)=O)n(-c4cccc5ccccc45)c(=O)c23)C1. The number of rotatable bonds is 4. The van der Waals surface area contributed by atoms with Crippen molar-refractivity contribution in [2.24, 2.45) is 5.73 Å². The topological polar surface area (TPSA) is 81.2 Å². The molecule has 2 aromatic carbocycles. The van der Waals surface area contributed by atoms with Gasteiger partial charge in [0.25, 0.3) is 5.56 Å². The Labute approximate surface area is 181 Å². The summed E-state index contributed by atoms with van der Waals surface area (Å²) >= 11 is 2.79. The highest BCUT2D eigenvalue weighted by atomic mass is 32.2. The zero-order valence-electron chi connectivity index (χ0n) is 16.4. The minimum absolute atomic E-state index is 0.0660. The summed E-state index contributed by atoms with van der Waals surface area (Å²) in [4.78, 5) is 34.3. The molecule has 30 heavy (non-hydrogen) atoms. The van der Waals surface area contributed by atoms with Crippen molar-refractivity contribution in [2.45, 2.75) is 18.1 Å². The third-order valence-electron chi connectivity index (χ3n) is 5.39. The fourth-order valence-corrected chi connectivity index (χ4v) is 6.09. The Morgan fingerprint density at radius 3 is 2.87 bits per heavy atom. The number of likely N-dealkylation sites (N-methyl/N-ethyl adjacent to an activating group) is 1. The van der Waals surface area contributed by atoms with Gasteiger partial charge in [0.15, 0.2) is 5.16 Å². The Balaban J connectivity index is 1.82. The summed E-state index contributed by atoms with van der Waals surface area (Å²) in [5.74, 6) is -0.373. The van der Waals surface area contributed by atoms with Gasteiger partial charge >= 0.3 is 0 Å². The van der Waals surface area contributed by atoms with Crippen LogP contribution in [0.25, 0.3) is 26.7 Å². The summed E-state index contributed by atoms with van der Waals surface area (Å²) in [7, 11) is 2.09. The standard InChI is InChI=1S/C22H20N4O2S2/c1-25-10-9-15-17(11-25)30-20-19(15)21(28)26(22(24-20)29-12-18(23)27)16-8-4-6-13-5-2-3-7-14(13)16/h2-8H,9-12H2,1H3,(H2,23,27). The van der Waals surface area contributed by atoms with Crippen LogP contribution in [0.1, 0.15) is 10.4 Å². The number of thioether (sulfide) groups is 1. The monoisotopic (exact) mass is 436 g/mol. The molecule has 0 radical (unpaired) electrons. The van der Waals surface area contributed by atoms with Crippen LogP contribution in [-0.2, 0) is 17.8 Å². The number of carbonyl (C=O) groups excluding carboxylic acids is 1. The summed E-state index contributed by atoms with van der Waals surface area (Å²) in [5, 5.41) is 3.21. The van der Waals surface area contributed by atoms with Crippen LogP contribution >= 0.6 is 23.1 Å². The van der Waals surface area contributed by atoms with Crippen LogP contribution < -0.4 is 11.3 Å². The lowest BCUT2D eigenvalue weighted by molar-refractivity contribution is -0.115. The molecule has 0 unspecified atom stereocenters. The second-order valence-corrected chi connectivity index (χ2v) is 9.49. The highest BCUT2D eigenvalue weighted by Gasteiger charge is 2.25. The fourth-order valence-electron chi connectivity index (χ4n) is 4.00. The molecule has 2 N–H and O–H groups in total. The number of benzene rings is 2. The number of hydrogen-bond donors (Lipinski definition) is 1. The first-order chi connectivity index (χ1) is 14.5. The van der Waals surface area contributed by atoms with Gasteiger partial charge in [-0.1, -0.05) is 48.2 Å². The minimum Gasteiger partial charge on any atom is -0.369 e. The van der Waals surface area contributed by atoms with Crippen molar-refractivity contribution in [3.63, 3.8) is 0 Å². The Hall–Kier alpha value is -2.68. The zero-order valence-corrected chi connectivity index (χ0v) is 18.1. The molecule has 5 rings (SSSR count). The lowest BCUT2D eigenvalue weighted by Gasteiger charge is -2.21. The Morgan fingerprint density at radius 1 is 1.23 bits per heavy atom. The number of thiophene rings is 1. The Morgan fingerprint density at radius 2 is 2.03 bits per heavy atom. The molecule has 4 aromatic rings. The molecular weight excluding hydrogens is 416 g/mol. The number of carbonyl (C=O) groups is 1. The maximum Gasteiger partial charge on any atom is 0.267 e. The van der Waals surface area contributed by atoms with Gasteiger partial charge in [-0.2, -0.15) is 0 Å². The maximum atomic E-state index is 13.8. The van der Waals surface area contributed by atoms with E-state index in [1.807, 2.05) is 42.5 Å². The van der Waals surface area contributed by atoms with Gasteiger partial charge in [-0.15, -0.1) is 11.3 Å². The predicted octanol–water partition coefficient (Wildman–Crippen LogP) is 3.17. The van der Waals surface area contributed by atoms with E-state index < -0.39 is 5.91 Å². The van der Waals surface area contributed by atoms with Crippen LogP contribution in [0.2, 0.25) is 0 Å². The van der Waals surface area contributed by atoms with E-state index in [9.17, 15) is 9.59 Å². The molecule has 0 fully saturated rings. The van der Waals surface area contributed by atoms with E-state index in [0.29, 0.717) is 10.5 Å². The molecule has 3 heterocycles. The van der Waals surface area contributed by atoms with Gasteiger partial charge in [0, 0.05) is 23.4 Å². The van der Waals surface area contributed by atoms with Crippen molar-refractivity contribution in [2.75, 3.05) is 19.3 Å². The van der Waals surface area contributed by atoms with Crippen LogP contribution in [0, 0.1) is 0 Å². The van der Waals surface area contributed by atoms with Gasteiger partial charge < -0.3 is 10.6 Å². The van der Waals surface area contributed by atoms with Crippen molar-refractivity contribution in [3.05, 3.63) is 63.3 Å². The number of aromatic nitrogens is 2. The van der Waals surface area contributed by atoms with E-state index in [1.54, 1.807) is 15.9 Å². The van der Waals surface area contributed by atoms with Crippen molar-refractivity contribution in [3.8, 4) is 5.69 Å². The highest BCUT2D eigenvalue weighted by molar-refractivity contribution is 7.99. The molecule has 0 bridgehead atoms. The molecule has 8 heteroatoms. The van der Waals surface area contributed by atoms with E-state index in [0.717, 1.165) is 46.4 Å². The first-order valence-corrected chi connectivity index (χ1v) is 11.5. The van der Waals surface area contributed by atoms with Crippen molar-refractivity contribution in [1.29, 1.82) is 0 Å². The Kier molecular flexibility index (Phi) is 4.85. The summed E-state index contributed by atoms with van der Waals surface area (Å²) in [6.45, 7) is 1.75. The van der Waals surface area contributed by atoms with Gasteiger partial charge in [-0.05, 0) is 30.5 Å². The van der Waals surface area contributed by atoms with Gasteiger partial charge in [-0.25, -0.2) is 4.98 Å². The number of nitrogens with two attached hydrogens (primary N) is 1. The molecule has 0 saturated heterocycles. The number of nitrogens with zero attached hydrogens (tertiary/aromatic N) is 3. The highest BCUT2D eigenvalue weighted by Crippen LogP contribution is 2.34. The number of fused-ring (bicyclic) bond motifs is 4. The molecule has 0 atom stereocenters. The Bertz CT molecular complexity index is 1350. The largest absolute Gasteiger partial charge is 0.369 e. The van der Waals surface area contributed by atoms with Crippen LogP contribution in [0.5, 0.6) is 0 Å². The molecule has 0 aliphatic carbocycles. The molecule has 1 aliphatic rings. The average molecular weight is 437 g/mol. The van der Waals surface area contributed by atoms with Gasteiger partial charge in [0.2, 0.25) is 5.91 Å². The van der Waals surface area contributed by atoms with E-state index in [-0.39, 0.29) is 11.3 Å². The van der Waals surface area contributed by atoms with Crippen molar-refractivity contribution < 1.29 is 4.79 Å². The first kappa shape index (κ1) is 19.3. The lowest BCUT2D eigenvalue weighted by Crippen LogP contribution is -2.27. The summed E-state index contributed by atoms with van der Waals surface area (Å²) < 4.78 is 1.66. The van der Waals surface area contributed by atoms with Crippen LogP contribution in [0.4, 0.5) is 0 Å². The normalized spacial score (nSPS) is 14.3. The van der Waals surface area contributed by atoms with E-state index >= 15 is 0 Å². The van der Waals surface area contributed by atoms with E-state index in [4.69, 9.17) is 10.7 Å². The van der Waals surface area contributed by atoms with Gasteiger partial charge in [-0.3, -0.25) is 14.2 Å². The number of primary amides is 1. The molecule has 1 amide bonds. The van der Waals surface area contributed by atoms with Crippen molar-refractivity contribution >= 4 is 50.0 Å². The molecular formula is C22H20N4O2S2. The van der Waals surface area contributed by atoms with E-state index in [2.05, 4.69) is 11.9 Å². The molecule has 2 aromatic heterocycles. The third kappa shape index (κ3) is 3.21. The summed E-state index contributed by atoms with van der Waals surface area (Å²) in [6, 6.07) is 13.9. The quantitative estimate of drug-likeness (QED) is 0.393. The number of hydrogen-bond acceptors (Lipinski definition) is 6. The van der Waals surface area contributed by atoms with Crippen LogP contribution in [0.15, 0.2) is 52.4 Å². The van der Waals surface area contributed by atoms with Crippen LogP contribution in [-0.4, -0.2) is 39.7 Å². The summed E-state index contributed by atoms with van der Waals surface area (Å²) in [5.41, 5.74) is 7.20. The van der Waals surface area contributed by atoms with Gasteiger partial charge in [0.1, 0.15) is 4.83 Å². The molecule has 0 saturated carbocycles. The minimum atomic E-state index is -0.439. The second-order valence-electron chi connectivity index (χ2n) is 7.46. The maximum absolute atomic E-state index is 13.8. The van der Waals surface area contributed by atoms with Gasteiger partial charge in [0.05, 0.1) is 16.8 Å². The molecule has 1 aliphatic heterocycles. The average Bonchev–Trinajstić information content (AvgIpc) is 3.09.